The van der Waals surface area contributed by atoms with E-state index >= 15 is 0 Å². The molecule has 0 amide bonds. The van der Waals surface area contributed by atoms with Crippen molar-refractivity contribution in [1.29, 1.82) is 0 Å². The fraction of sp³-hybridized carbons (Fsp3) is 0.214. The number of nitrogens with one attached hydrogen (secondary N) is 1. The Labute approximate surface area is 120 Å². The number of methoxy groups -OCH3 is 1. The molecule has 7 nitrogen and oxygen atoms in total. The van der Waals surface area contributed by atoms with Gasteiger partial charge in [0, 0.05) is 29.4 Å². The van der Waals surface area contributed by atoms with Gasteiger partial charge < -0.3 is 14.5 Å². The van der Waals surface area contributed by atoms with E-state index in [1.807, 2.05) is 0 Å². The van der Waals surface area contributed by atoms with Crippen molar-refractivity contribution >= 4 is 17.3 Å². The summed E-state index contributed by atoms with van der Waals surface area (Å²) >= 11 is 0. The van der Waals surface area contributed by atoms with Crippen molar-refractivity contribution < 1.29 is 18.9 Å². The molecule has 1 heterocycles. The number of carbonyl (C=O) groups excluding carboxylic acids is 1. The number of rotatable bonds is 5. The van der Waals surface area contributed by atoms with E-state index in [2.05, 4.69) is 10.1 Å². The van der Waals surface area contributed by atoms with Gasteiger partial charge in [0.15, 0.2) is 0 Å². The van der Waals surface area contributed by atoms with Crippen molar-refractivity contribution in [3.8, 4) is 0 Å². The third-order valence-electron chi connectivity index (χ3n) is 3.09. The van der Waals surface area contributed by atoms with Crippen LogP contribution in [0, 0.1) is 17.0 Å². The maximum atomic E-state index is 11.5. The number of furan rings is 1. The molecule has 0 aliphatic carbocycles. The second-order valence-corrected chi connectivity index (χ2v) is 4.33. The Morgan fingerprint density at radius 2 is 2.19 bits per heavy atom. The minimum absolute atomic E-state index is 0.0420. The molecule has 1 aromatic carbocycles. The summed E-state index contributed by atoms with van der Waals surface area (Å²) in [6, 6.07) is 6.43. The molecular formula is C14H14N2O5. The zero-order valence-electron chi connectivity index (χ0n) is 11.6. The van der Waals surface area contributed by atoms with Crippen LogP contribution in [0.1, 0.15) is 21.7 Å². The van der Waals surface area contributed by atoms with Crippen LogP contribution in [-0.2, 0) is 11.3 Å². The summed E-state index contributed by atoms with van der Waals surface area (Å²) in [6.07, 6.45) is 1.39. The molecule has 0 bridgehead atoms. The highest BCUT2D eigenvalue weighted by Crippen LogP contribution is 2.25. The summed E-state index contributed by atoms with van der Waals surface area (Å²) in [5.41, 5.74) is 1.82. The van der Waals surface area contributed by atoms with E-state index < -0.39 is 10.9 Å². The number of esters is 1. The number of nitro groups is 1. The topological polar surface area (TPSA) is 94.6 Å². The van der Waals surface area contributed by atoms with Gasteiger partial charge >= 0.3 is 5.97 Å². The van der Waals surface area contributed by atoms with Gasteiger partial charge in [-0.1, -0.05) is 6.07 Å². The molecule has 0 saturated carbocycles. The van der Waals surface area contributed by atoms with Crippen LogP contribution in [0.3, 0.4) is 0 Å². The highest BCUT2D eigenvalue weighted by atomic mass is 16.6. The molecule has 2 aromatic rings. The van der Waals surface area contributed by atoms with Gasteiger partial charge in [0.2, 0.25) is 5.76 Å². The molecule has 2 rings (SSSR count). The Morgan fingerprint density at radius 3 is 2.86 bits per heavy atom. The number of nitrogens with zero attached hydrogens (tertiary/aromatic N) is 1. The zero-order valence-corrected chi connectivity index (χ0v) is 11.6. The monoisotopic (exact) mass is 290 g/mol. The van der Waals surface area contributed by atoms with Crippen molar-refractivity contribution in [3.05, 3.63) is 57.5 Å². The van der Waals surface area contributed by atoms with E-state index in [0.717, 1.165) is 0 Å². The lowest BCUT2D eigenvalue weighted by Crippen LogP contribution is -2.07. The normalized spacial score (nSPS) is 10.2. The van der Waals surface area contributed by atoms with Gasteiger partial charge in [0.1, 0.15) is 0 Å². The summed E-state index contributed by atoms with van der Waals surface area (Å²) in [5.74, 6) is -0.444. The molecular weight excluding hydrogens is 276 g/mol. The number of hydrogen-bond donors (Lipinski definition) is 1. The van der Waals surface area contributed by atoms with Crippen LogP contribution in [0.2, 0.25) is 0 Å². The van der Waals surface area contributed by atoms with Crippen molar-refractivity contribution in [2.75, 3.05) is 12.4 Å². The van der Waals surface area contributed by atoms with Crippen LogP contribution in [0.4, 0.5) is 11.4 Å². The van der Waals surface area contributed by atoms with Crippen LogP contribution >= 0.6 is 0 Å². The van der Waals surface area contributed by atoms with E-state index in [4.69, 9.17) is 4.42 Å². The molecule has 110 valence electrons. The highest BCUT2D eigenvalue weighted by Gasteiger charge is 2.17. The average molecular weight is 290 g/mol. The van der Waals surface area contributed by atoms with Crippen molar-refractivity contribution in [3.63, 3.8) is 0 Å². The smallest absolute Gasteiger partial charge is 0.374 e. The molecule has 0 saturated heterocycles. The van der Waals surface area contributed by atoms with Gasteiger partial charge in [-0.25, -0.2) is 4.79 Å². The Balaban J connectivity index is 2.18. The van der Waals surface area contributed by atoms with Gasteiger partial charge in [0.05, 0.1) is 18.3 Å². The van der Waals surface area contributed by atoms with Crippen LogP contribution in [-0.4, -0.2) is 18.0 Å². The minimum Gasteiger partial charge on any atom is -0.463 e. The van der Waals surface area contributed by atoms with Gasteiger partial charge in [-0.15, -0.1) is 0 Å². The lowest BCUT2D eigenvalue weighted by molar-refractivity contribution is -0.385. The Hall–Kier alpha value is -2.83. The number of benzene rings is 1. The molecule has 0 spiro atoms. The molecule has 21 heavy (non-hydrogen) atoms. The molecule has 0 aliphatic rings. The number of anilines is 1. The van der Waals surface area contributed by atoms with E-state index in [-0.39, 0.29) is 11.4 Å². The van der Waals surface area contributed by atoms with Crippen LogP contribution in [0.5, 0.6) is 0 Å². The lowest BCUT2D eigenvalue weighted by Gasteiger charge is -2.09. The van der Waals surface area contributed by atoms with Gasteiger partial charge in [0.25, 0.3) is 5.69 Å². The first kappa shape index (κ1) is 14.6. The SMILES string of the molecule is COC(=O)c1occc1CNc1cccc([N+](=O)[O-])c1C. The molecule has 1 N–H and O–H groups in total. The molecule has 7 heteroatoms. The number of nitro benzene ring substituents is 1. The fourth-order valence-electron chi connectivity index (χ4n) is 1.95. The summed E-state index contributed by atoms with van der Waals surface area (Å²) in [7, 11) is 1.27. The van der Waals surface area contributed by atoms with E-state index in [9.17, 15) is 14.9 Å². The maximum absolute atomic E-state index is 11.5. The Kier molecular flexibility index (Phi) is 4.22. The largest absolute Gasteiger partial charge is 0.463 e. The van der Waals surface area contributed by atoms with Crippen LogP contribution < -0.4 is 5.32 Å². The first-order valence-electron chi connectivity index (χ1n) is 6.17. The standard InChI is InChI=1S/C14H14N2O5/c1-9-11(4-3-5-12(9)16(18)19)15-8-10-6-7-21-13(10)14(17)20-2/h3-7,15H,8H2,1-2H3. The van der Waals surface area contributed by atoms with Crippen LogP contribution in [0.25, 0.3) is 0 Å². The molecule has 0 unspecified atom stereocenters. The minimum atomic E-state index is -0.562. The van der Waals surface area contributed by atoms with E-state index in [0.29, 0.717) is 23.4 Å². The third kappa shape index (κ3) is 3.02. The van der Waals surface area contributed by atoms with Gasteiger partial charge in [-0.05, 0) is 19.1 Å². The predicted molar refractivity (Wildman–Crippen MR) is 75.2 cm³/mol. The molecule has 0 aliphatic heterocycles. The fourth-order valence-corrected chi connectivity index (χ4v) is 1.95. The van der Waals surface area contributed by atoms with Gasteiger partial charge in [-0.3, -0.25) is 10.1 Å². The summed E-state index contributed by atoms with van der Waals surface area (Å²) < 4.78 is 9.69. The van der Waals surface area contributed by atoms with E-state index in [1.54, 1.807) is 25.1 Å². The summed E-state index contributed by atoms with van der Waals surface area (Å²) in [6.45, 7) is 1.96. The summed E-state index contributed by atoms with van der Waals surface area (Å²) in [4.78, 5) is 21.9. The van der Waals surface area contributed by atoms with E-state index in [1.165, 1.54) is 19.4 Å². The second kappa shape index (κ2) is 6.08. The second-order valence-electron chi connectivity index (χ2n) is 4.33. The zero-order chi connectivity index (χ0) is 15.4. The number of ether oxygens (including phenoxy) is 1. The predicted octanol–water partition coefficient (Wildman–Crippen LogP) is 2.89. The van der Waals surface area contributed by atoms with Crippen molar-refractivity contribution in [2.24, 2.45) is 0 Å². The first-order chi connectivity index (χ1) is 10.0. The van der Waals surface area contributed by atoms with Crippen molar-refractivity contribution in [1.82, 2.24) is 0 Å². The first-order valence-corrected chi connectivity index (χ1v) is 6.17. The number of carbonyl (C=O) groups is 1. The van der Waals surface area contributed by atoms with Crippen LogP contribution in [0.15, 0.2) is 34.9 Å². The average Bonchev–Trinajstić information content (AvgIpc) is 2.93. The Morgan fingerprint density at radius 1 is 1.43 bits per heavy atom. The molecule has 0 fully saturated rings. The lowest BCUT2D eigenvalue weighted by atomic mass is 10.1. The Bertz CT molecular complexity index is 678. The van der Waals surface area contributed by atoms with Gasteiger partial charge in [-0.2, -0.15) is 0 Å². The quantitative estimate of drug-likeness (QED) is 0.517. The maximum Gasteiger partial charge on any atom is 0.374 e. The molecule has 1 aromatic heterocycles. The highest BCUT2D eigenvalue weighted by molar-refractivity contribution is 5.87. The van der Waals surface area contributed by atoms with Crippen molar-refractivity contribution in [2.45, 2.75) is 13.5 Å². The third-order valence-corrected chi connectivity index (χ3v) is 3.09. The molecule has 0 atom stereocenters. The molecule has 0 radical (unpaired) electrons. The summed E-state index contributed by atoms with van der Waals surface area (Å²) in [5, 5.41) is 13.9. The number of hydrogen-bond acceptors (Lipinski definition) is 6.